The number of nitrogens with one attached hydrogen (secondary N) is 1. The van der Waals surface area contributed by atoms with Crippen molar-refractivity contribution >= 4 is 49.6 Å². The lowest BCUT2D eigenvalue weighted by atomic mass is 10.2. The van der Waals surface area contributed by atoms with Gasteiger partial charge in [-0.2, -0.15) is 4.52 Å². The summed E-state index contributed by atoms with van der Waals surface area (Å²) in [4.78, 5) is 17.5. The summed E-state index contributed by atoms with van der Waals surface area (Å²) < 4.78 is 6.49. The quantitative estimate of drug-likeness (QED) is 0.604. The van der Waals surface area contributed by atoms with Crippen LogP contribution in [0.2, 0.25) is 5.02 Å². The molecule has 2 heterocycles. The number of nitrogens with zero attached hydrogens (tertiary/aromatic N) is 3. The second-order valence-corrected chi connectivity index (χ2v) is 6.43. The summed E-state index contributed by atoms with van der Waals surface area (Å²) in [6, 6.07) is 12.5. The zero-order chi connectivity index (χ0) is 16.7. The first-order valence-corrected chi connectivity index (χ1v) is 8.24. The van der Waals surface area contributed by atoms with Crippen molar-refractivity contribution in [2.75, 3.05) is 12.4 Å². The van der Waals surface area contributed by atoms with Gasteiger partial charge in [-0.15, -0.1) is 5.10 Å². The first kappa shape index (κ1) is 14.9. The fourth-order valence-electron chi connectivity index (χ4n) is 2.36. The zero-order valence-electron chi connectivity index (χ0n) is 12.5. The van der Waals surface area contributed by atoms with Crippen molar-refractivity contribution in [3.05, 3.63) is 57.8 Å². The minimum atomic E-state index is -0.221. The average Bonchev–Trinajstić information content (AvgIpc) is 2.97. The number of hydrogen-bond donors (Lipinski definition) is 1. The lowest BCUT2D eigenvalue weighted by molar-refractivity contribution is 0.415. The van der Waals surface area contributed by atoms with E-state index < -0.39 is 0 Å². The van der Waals surface area contributed by atoms with E-state index >= 15 is 0 Å². The maximum atomic E-state index is 12.5. The lowest BCUT2D eigenvalue weighted by Gasteiger charge is -2.04. The van der Waals surface area contributed by atoms with Crippen LogP contribution in [0.1, 0.15) is 0 Å². The second kappa shape index (κ2) is 5.77. The van der Waals surface area contributed by atoms with Crippen molar-refractivity contribution in [1.29, 1.82) is 0 Å². The normalized spacial score (nSPS) is 11.1. The molecular formula is C16H11ClN4O2S. The number of halogens is 1. The number of fused-ring (bicyclic) bond motifs is 2. The van der Waals surface area contributed by atoms with E-state index in [0.29, 0.717) is 26.0 Å². The molecule has 0 aliphatic rings. The molecule has 120 valence electrons. The molecule has 8 heteroatoms. The van der Waals surface area contributed by atoms with E-state index in [9.17, 15) is 4.79 Å². The van der Waals surface area contributed by atoms with E-state index in [-0.39, 0.29) is 5.56 Å². The fraction of sp³-hybridized carbons (Fsp3) is 0.0625. The molecule has 0 saturated heterocycles. The van der Waals surface area contributed by atoms with Crippen LogP contribution in [-0.4, -0.2) is 21.7 Å². The number of benzene rings is 2. The summed E-state index contributed by atoms with van der Waals surface area (Å²) in [5.41, 5.74) is 1.15. The van der Waals surface area contributed by atoms with Crippen molar-refractivity contribution in [3.8, 4) is 5.75 Å². The Bertz CT molecular complexity index is 1120. The third-order valence-corrected chi connectivity index (χ3v) is 4.54. The summed E-state index contributed by atoms with van der Waals surface area (Å²) in [6.07, 6.45) is 0. The number of methoxy groups -OCH3 is 1. The molecule has 4 aromatic rings. The Morgan fingerprint density at radius 3 is 2.96 bits per heavy atom. The van der Waals surface area contributed by atoms with Crippen LogP contribution >= 0.6 is 22.9 Å². The van der Waals surface area contributed by atoms with E-state index in [1.807, 2.05) is 24.3 Å². The van der Waals surface area contributed by atoms with Crippen LogP contribution in [0.5, 0.6) is 5.75 Å². The predicted octanol–water partition coefficient (Wildman–Crippen LogP) is 3.71. The van der Waals surface area contributed by atoms with Gasteiger partial charge in [0.1, 0.15) is 5.75 Å². The van der Waals surface area contributed by atoms with Gasteiger partial charge in [0, 0.05) is 16.8 Å². The molecule has 0 spiro atoms. The number of hydrogen-bond acceptors (Lipinski definition) is 6. The summed E-state index contributed by atoms with van der Waals surface area (Å²) in [7, 11) is 1.61. The van der Waals surface area contributed by atoms with E-state index in [0.717, 1.165) is 11.4 Å². The van der Waals surface area contributed by atoms with Crippen LogP contribution in [0.3, 0.4) is 0 Å². The molecule has 4 rings (SSSR count). The highest BCUT2D eigenvalue weighted by molar-refractivity contribution is 7.20. The summed E-state index contributed by atoms with van der Waals surface area (Å²) in [5.74, 6) is 0.733. The van der Waals surface area contributed by atoms with Crippen LogP contribution in [0.4, 0.5) is 10.8 Å². The molecule has 2 aromatic heterocycles. The summed E-state index contributed by atoms with van der Waals surface area (Å²) in [5, 5.41) is 9.06. The van der Waals surface area contributed by atoms with Crippen molar-refractivity contribution in [1.82, 2.24) is 14.6 Å². The van der Waals surface area contributed by atoms with Crippen LogP contribution in [0.25, 0.3) is 15.9 Å². The van der Waals surface area contributed by atoms with E-state index in [4.69, 9.17) is 16.3 Å². The maximum Gasteiger partial charge on any atom is 0.283 e. The molecule has 2 aromatic carbocycles. The average molecular weight is 359 g/mol. The Morgan fingerprint density at radius 2 is 2.12 bits per heavy atom. The van der Waals surface area contributed by atoms with Gasteiger partial charge in [0.25, 0.3) is 5.56 Å². The van der Waals surface area contributed by atoms with Gasteiger partial charge in [-0.3, -0.25) is 4.79 Å². The van der Waals surface area contributed by atoms with Crippen LogP contribution in [-0.2, 0) is 0 Å². The molecule has 0 aliphatic heterocycles. The molecule has 0 radical (unpaired) electrons. The smallest absolute Gasteiger partial charge is 0.283 e. The van der Waals surface area contributed by atoms with E-state index in [1.54, 1.807) is 25.3 Å². The van der Waals surface area contributed by atoms with Gasteiger partial charge in [-0.25, -0.2) is 4.98 Å². The Hall–Kier alpha value is -2.64. The van der Waals surface area contributed by atoms with Crippen molar-refractivity contribution < 1.29 is 4.74 Å². The summed E-state index contributed by atoms with van der Waals surface area (Å²) >= 11 is 7.26. The molecule has 0 saturated carbocycles. The topological polar surface area (TPSA) is 68.5 Å². The number of anilines is 2. The van der Waals surface area contributed by atoms with Gasteiger partial charge < -0.3 is 10.1 Å². The van der Waals surface area contributed by atoms with Crippen molar-refractivity contribution in [2.24, 2.45) is 0 Å². The minimum absolute atomic E-state index is 0.221. The van der Waals surface area contributed by atoms with Gasteiger partial charge in [0.15, 0.2) is 0 Å². The first-order valence-electron chi connectivity index (χ1n) is 7.04. The Labute approximate surface area is 145 Å². The number of rotatable bonds is 3. The largest absolute Gasteiger partial charge is 0.497 e. The monoisotopic (exact) mass is 358 g/mol. The first-order chi connectivity index (χ1) is 11.6. The fourth-order valence-corrected chi connectivity index (χ4v) is 3.34. The molecule has 0 bridgehead atoms. The second-order valence-electron chi connectivity index (χ2n) is 5.04. The van der Waals surface area contributed by atoms with Crippen molar-refractivity contribution in [2.45, 2.75) is 0 Å². The standard InChI is InChI=1S/C16H11ClN4O2S/c1-23-11-4-2-3-10(8-11)18-15-20-21-14(22)12-6-5-9(17)7-13(12)19-16(21)24-15/h2-8H,1H3,(H,18,20). The van der Waals surface area contributed by atoms with Crippen LogP contribution < -0.4 is 15.6 Å². The van der Waals surface area contributed by atoms with Crippen LogP contribution in [0, 0.1) is 0 Å². The number of aromatic nitrogens is 3. The van der Waals surface area contributed by atoms with Crippen molar-refractivity contribution in [3.63, 3.8) is 0 Å². The molecule has 24 heavy (non-hydrogen) atoms. The highest BCUT2D eigenvalue weighted by atomic mass is 35.5. The van der Waals surface area contributed by atoms with Gasteiger partial charge in [-0.05, 0) is 30.3 Å². The highest BCUT2D eigenvalue weighted by Gasteiger charge is 2.11. The van der Waals surface area contributed by atoms with Crippen LogP contribution in [0.15, 0.2) is 47.3 Å². The third-order valence-electron chi connectivity index (χ3n) is 3.48. The third kappa shape index (κ3) is 2.57. The molecule has 0 amide bonds. The highest BCUT2D eigenvalue weighted by Crippen LogP contribution is 2.25. The predicted molar refractivity (Wildman–Crippen MR) is 95.9 cm³/mol. The minimum Gasteiger partial charge on any atom is -0.497 e. The summed E-state index contributed by atoms with van der Waals surface area (Å²) in [6.45, 7) is 0. The molecule has 0 aliphatic carbocycles. The van der Waals surface area contributed by atoms with Gasteiger partial charge >= 0.3 is 0 Å². The molecule has 0 atom stereocenters. The Morgan fingerprint density at radius 1 is 1.25 bits per heavy atom. The van der Waals surface area contributed by atoms with Gasteiger partial charge in [0.2, 0.25) is 10.1 Å². The SMILES string of the molecule is COc1cccc(Nc2nn3c(=O)c4ccc(Cl)cc4nc3s2)c1. The Balaban J connectivity index is 1.81. The molecule has 1 N–H and O–H groups in total. The maximum absolute atomic E-state index is 12.5. The van der Waals surface area contributed by atoms with Gasteiger partial charge in [-0.1, -0.05) is 29.0 Å². The van der Waals surface area contributed by atoms with E-state index in [2.05, 4.69) is 15.4 Å². The van der Waals surface area contributed by atoms with E-state index in [1.165, 1.54) is 15.9 Å². The molecular weight excluding hydrogens is 348 g/mol. The number of ether oxygens (including phenoxy) is 1. The van der Waals surface area contributed by atoms with Gasteiger partial charge in [0.05, 0.1) is 18.0 Å². The zero-order valence-corrected chi connectivity index (χ0v) is 14.1. The molecule has 0 fully saturated rings. The lowest BCUT2D eigenvalue weighted by Crippen LogP contribution is -2.15. The molecule has 6 nitrogen and oxygen atoms in total. The molecule has 0 unspecified atom stereocenters. The Kier molecular flexibility index (Phi) is 3.59.